The first-order valence-electron chi connectivity index (χ1n) is 8.69. The largest absolute Gasteiger partial charge is 0.465 e. The third-order valence-corrected chi connectivity index (χ3v) is 5.59. The number of methoxy groups -OCH3 is 1. The van der Waals surface area contributed by atoms with Gasteiger partial charge in [-0.3, -0.25) is 0 Å². The van der Waals surface area contributed by atoms with Gasteiger partial charge in [-0.2, -0.15) is 0 Å². The van der Waals surface area contributed by atoms with Gasteiger partial charge in [-0.05, 0) is 41.1 Å². The molecule has 0 unspecified atom stereocenters. The number of hydrogen-bond acceptors (Lipinski definition) is 5. The second kappa shape index (κ2) is 8.00. The van der Waals surface area contributed by atoms with Crippen LogP contribution in [0.4, 0.5) is 5.69 Å². The molecule has 1 heterocycles. The van der Waals surface area contributed by atoms with Gasteiger partial charge in [0.1, 0.15) is 5.01 Å². The number of aromatic nitrogens is 1. The molecular weight excluding hydrogens is 392 g/mol. The molecule has 0 saturated carbocycles. The highest BCUT2D eigenvalue weighted by atomic mass is 35.5. The van der Waals surface area contributed by atoms with Crippen molar-refractivity contribution < 1.29 is 9.53 Å². The number of anilines is 1. The average molecular weight is 409 g/mol. The zero-order valence-corrected chi connectivity index (χ0v) is 16.7. The molecule has 1 N–H and O–H groups in total. The van der Waals surface area contributed by atoms with Crippen molar-refractivity contribution in [3.05, 3.63) is 81.6 Å². The summed E-state index contributed by atoms with van der Waals surface area (Å²) in [6.45, 7) is 0.626. The van der Waals surface area contributed by atoms with Crippen LogP contribution in [0.2, 0.25) is 5.02 Å². The average Bonchev–Trinajstić information content (AvgIpc) is 3.20. The standard InChI is InChI=1S/C22H17ClN2O2S/c1-27-22(26)16-7-6-15-11-17(9-8-14(15)10-16)24-12-21-25-20(13-28-21)18-4-2-3-5-19(18)23/h2-11,13,24H,12H2,1H3. The minimum absolute atomic E-state index is 0.331. The molecule has 0 bridgehead atoms. The predicted molar refractivity (Wildman–Crippen MR) is 115 cm³/mol. The number of hydrogen-bond donors (Lipinski definition) is 1. The van der Waals surface area contributed by atoms with E-state index in [-0.39, 0.29) is 5.97 Å². The van der Waals surface area contributed by atoms with Gasteiger partial charge >= 0.3 is 5.97 Å². The van der Waals surface area contributed by atoms with Crippen LogP contribution < -0.4 is 5.32 Å². The van der Waals surface area contributed by atoms with Crippen molar-refractivity contribution in [3.63, 3.8) is 0 Å². The summed E-state index contributed by atoms with van der Waals surface area (Å²) >= 11 is 7.86. The molecular formula is C22H17ClN2O2S. The zero-order chi connectivity index (χ0) is 19.5. The predicted octanol–water partition coefficient (Wildman–Crippen LogP) is 6.02. The molecule has 1 aromatic heterocycles. The highest BCUT2D eigenvalue weighted by molar-refractivity contribution is 7.10. The van der Waals surface area contributed by atoms with E-state index in [1.54, 1.807) is 17.4 Å². The molecule has 0 radical (unpaired) electrons. The number of ether oxygens (including phenoxy) is 1. The fraction of sp³-hybridized carbons (Fsp3) is 0.0909. The van der Waals surface area contributed by atoms with E-state index in [9.17, 15) is 4.79 Å². The Kier molecular flexibility index (Phi) is 5.28. The van der Waals surface area contributed by atoms with Crippen LogP contribution in [0.15, 0.2) is 66.0 Å². The molecule has 3 aromatic carbocycles. The SMILES string of the molecule is COC(=O)c1ccc2cc(NCc3nc(-c4ccccc4Cl)cs3)ccc2c1. The Morgan fingerprint density at radius 3 is 2.71 bits per heavy atom. The van der Waals surface area contributed by atoms with Crippen LogP contribution in [-0.2, 0) is 11.3 Å². The minimum atomic E-state index is -0.331. The van der Waals surface area contributed by atoms with Gasteiger partial charge in [-0.25, -0.2) is 9.78 Å². The monoisotopic (exact) mass is 408 g/mol. The van der Waals surface area contributed by atoms with E-state index in [0.29, 0.717) is 17.1 Å². The smallest absolute Gasteiger partial charge is 0.337 e. The van der Waals surface area contributed by atoms with Crippen molar-refractivity contribution in [1.82, 2.24) is 4.98 Å². The summed E-state index contributed by atoms with van der Waals surface area (Å²) in [4.78, 5) is 16.3. The molecule has 0 aliphatic heterocycles. The van der Waals surface area contributed by atoms with Crippen LogP contribution in [0.1, 0.15) is 15.4 Å². The van der Waals surface area contributed by atoms with Gasteiger partial charge in [0.05, 0.1) is 24.9 Å². The lowest BCUT2D eigenvalue weighted by Crippen LogP contribution is -2.01. The number of thiazole rings is 1. The van der Waals surface area contributed by atoms with Gasteiger partial charge in [0.15, 0.2) is 0 Å². The van der Waals surface area contributed by atoms with Crippen LogP contribution in [0.3, 0.4) is 0 Å². The molecule has 140 valence electrons. The maximum Gasteiger partial charge on any atom is 0.337 e. The van der Waals surface area contributed by atoms with Gasteiger partial charge in [-0.1, -0.05) is 41.9 Å². The number of esters is 1. The lowest BCUT2D eigenvalue weighted by Gasteiger charge is -2.07. The van der Waals surface area contributed by atoms with E-state index >= 15 is 0 Å². The molecule has 4 nitrogen and oxygen atoms in total. The summed E-state index contributed by atoms with van der Waals surface area (Å²) in [6.07, 6.45) is 0. The van der Waals surface area contributed by atoms with Crippen LogP contribution in [-0.4, -0.2) is 18.1 Å². The van der Waals surface area contributed by atoms with E-state index in [0.717, 1.165) is 32.7 Å². The van der Waals surface area contributed by atoms with E-state index in [1.807, 2.05) is 53.9 Å². The van der Waals surface area contributed by atoms with E-state index in [2.05, 4.69) is 16.4 Å². The van der Waals surface area contributed by atoms with Crippen molar-refractivity contribution in [3.8, 4) is 11.3 Å². The van der Waals surface area contributed by atoms with Crippen LogP contribution in [0, 0.1) is 0 Å². The van der Waals surface area contributed by atoms with Crippen molar-refractivity contribution in [2.45, 2.75) is 6.54 Å². The lowest BCUT2D eigenvalue weighted by molar-refractivity contribution is 0.0601. The summed E-state index contributed by atoms with van der Waals surface area (Å²) in [7, 11) is 1.38. The van der Waals surface area contributed by atoms with Gasteiger partial charge in [0.25, 0.3) is 0 Å². The number of nitrogens with zero attached hydrogens (tertiary/aromatic N) is 1. The quantitative estimate of drug-likeness (QED) is 0.410. The topological polar surface area (TPSA) is 51.2 Å². The Morgan fingerprint density at radius 1 is 1.11 bits per heavy atom. The molecule has 0 spiro atoms. The Morgan fingerprint density at radius 2 is 1.89 bits per heavy atom. The number of benzene rings is 3. The molecule has 28 heavy (non-hydrogen) atoms. The Balaban J connectivity index is 1.48. The molecule has 6 heteroatoms. The number of rotatable bonds is 5. The Bertz CT molecular complexity index is 1160. The van der Waals surface area contributed by atoms with Gasteiger partial charge in [0.2, 0.25) is 0 Å². The molecule has 0 amide bonds. The number of carbonyl (C=O) groups excluding carboxylic acids is 1. The van der Waals surface area contributed by atoms with Gasteiger partial charge in [-0.15, -0.1) is 11.3 Å². The van der Waals surface area contributed by atoms with Crippen molar-refractivity contribution in [2.75, 3.05) is 12.4 Å². The normalized spacial score (nSPS) is 10.8. The minimum Gasteiger partial charge on any atom is -0.465 e. The number of fused-ring (bicyclic) bond motifs is 1. The molecule has 4 rings (SSSR count). The maximum absolute atomic E-state index is 11.7. The van der Waals surface area contributed by atoms with E-state index < -0.39 is 0 Å². The molecule has 0 fully saturated rings. The second-order valence-corrected chi connectivity index (χ2v) is 7.58. The summed E-state index contributed by atoms with van der Waals surface area (Å²) < 4.78 is 4.77. The molecule has 4 aromatic rings. The zero-order valence-electron chi connectivity index (χ0n) is 15.1. The van der Waals surface area contributed by atoms with Crippen molar-refractivity contribution >= 4 is 45.4 Å². The van der Waals surface area contributed by atoms with Crippen LogP contribution in [0.5, 0.6) is 0 Å². The summed E-state index contributed by atoms with van der Waals surface area (Å²) in [5, 5.41) is 9.15. The highest BCUT2D eigenvalue weighted by Crippen LogP contribution is 2.29. The first-order valence-corrected chi connectivity index (χ1v) is 9.95. The third-order valence-electron chi connectivity index (χ3n) is 4.41. The fourth-order valence-corrected chi connectivity index (χ4v) is 3.93. The van der Waals surface area contributed by atoms with Crippen molar-refractivity contribution in [2.24, 2.45) is 0 Å². The first-order chi connectivity index (χ1) is 13.6. The van der Waals surface area contributed by atoms with Gasteiger partial charge < -0.3 is 10.1 Å². The maximum atomic E-state index is 11.7. The molecule has 0 atom stereocenters. The number of nitrogens with one attached hydrogen (secondary N) is 1. The summed E-state index contributed by atoms with van der Waals surface area (Å²) in [6, 6.07) is 19.3. The van der Waals surface area contributed by atoms with Crippen molar-refractivity contribution in [1.29, 1.82) is 0 Å². The van der Waals surface area contributed by atoms with E-state index in [1.165, 1.54) is 7.11 Å². The second-order valence-electron chi connectivity index (χ2n) is 6.23. The molecule has 0 aliphatic rings. The van der Waals surface area contributed by atoms with Gasteiger partial charge in [0, 0.05) is 21.7 Å². The first kappa shape index (κ1) is 18.5. The Hall–Kier alpha value is -2.89. The lowest BCUT2D eigenvalue weighted by atomic mass is 10.1. The Labute approximate surface area is 171 Å². The summed E-state index contributed by atoms with van der Waals surface area (Å²) in [5.74, 6) is -0.331. The number of carbonyl (C=O) groups is 1. The summed E-state index contributed by atoms with van der Waals surface area (Å²) in [5.41, 5.74) is 3.37. The third kappa shape index (κ3) is 3.86. The van der Waals surface area contributed by atoms with E-state index in [4.69, 9.17) is 16.3 Å². The molecule has 0 aliphatic carbocycles. The molecule has 0 saturated heterocycles. The van der Waals surface area contributed by atoms with Crippen LogP contribution in [0.25, 0.3) is 22.0 Å². The fourth-order valence-electron chi connectivity index (χ4n) is 2.96. The van der Waals surface area contributed by atoms with Crippen LogP contribution >= 0.6 is 22.9 Å². The number of halogens is 1. The highest BCUT2D eigenvalue weighted by Gasteiger charge is 2.09.